The van der Waals surface area contributed by atoms with Gasteiger partial charge in [-0.3, -0.25) is 4.98 Å². The lowest BCUT2D eigenvalue weighted by Crippen LogP contribution is -2.22. The number of hydrogen-bond acceptors (Lipinski definition) is 2. The molecule has 1 aromatic carbocycles. The van der Waals surface area contributed by atoms with Gasteiger partial charge in [-0.1, -0.05) is 43.3 Å². The predicted octanol–water partition coefficient (Wildman–Crippen LogP) is 3.80. The molecule has 1 atom stereocenters. The molecular formula is C18H24N2. The van der Waals surface area contributed by atoms with Gasteiger partial charge in [0, 0.05) is 18.4 Å². The Bertz CT molecular complexity index is 467. The zero-order valence-corrected chi connectivity index (χ0v) is 12.3. The minimum absolute atomic E-state index is 0.560. The number of nitrogens with zero attached hydrogens (tertiary/aromatic N) is 1. The number of nitrogens with one attached hydrogen (secondary N) is 1. The largest absolute Gasteiger partial charge is 0.316 e. The van der Waals surface area contributed by atoms with Gasteiger partial charge in [-0.15, -0.1) is 0 Å². The van der Waals surface area contributed by atoms with E-state index < -0.39 is 0 Å². The average Bonchev–Trinajstić information content (AvgIpc) is 2.52. The lowest BCUT2D eigenvalue weighted by atomic mass is 9.93. The summed E-state index contributed by atoms with van der Waals surface area (Å²) in [5.41, 5.74) is 2.61. The van der Waals surface area contributed by atoms with E-state index in [0.717, 1.165) is 25.9 Å². The highest BCUT2D eigenvalue weighted by Crippen LogP contribution is 2.20. The number of benzene rings is 1. The molecule has 0 fully saturated rings. The van der Waals surface area contributed by atoms with Gasteiger partial charge in [-0.2, -0.15) is 0 Å². The molecule has 2 nitrogen and oxygen atoms in total. The molecule has 1 N–H and O–H groups in total. The average molecular weight is 268 g/mol. The van der Waals surface area contributed by atoms with Gasteiger partial charge in [0.05, 0.1) is 0 Å². The van der Waals surface area contributed by atoms with Gasteiger partial charge in [0.25, 0.3) is 0 Å². The monoisotopic (exact) mass is 268 g/mol. The van der Waals surface area contributed by atoms with Crippen LogP contribution in [-0.4, -0.2) is 18.1 Å². The Morgan fingerprint density at radius 1 is 1.05 bits per heavy atom. The molecule has 2 rings (SSSR count). The molecule has 1 aromatic heterocycles. The highest BCUT2D eigenvalue weighted by Gasteiger charge is 2.11. The van der Waals surface area contributed by atoms with Crippen molar-refractivity contribution < 1.29 is 0 Å². The molecule has 1 heterocycles. The molecule has 1 unspecified atom stereocenters. The smallest absolute Gasteiger partial charge is 0.0403 e. The third kappa shape index (κ3) is 4.78. The van der Waals surface area contributed by atoms with Gasteiger partial charge in [-0.05, 0) is 49.4 Å². The molecule has 0 saturated carbocycles. The molecule has 0 amide bonds. The molecular weight excluding hydrogens is 244 g/mol. The van der Waals surface area contributed by atoms with E-state index in [-0.39, 0.29) is 0 Å². The molecule has 0 radical (unpaired) electrons. The van der Waals surface area contributed by atoms with E-state index >= 15 is 0 Å². The summed E-state index contributed by atoms with van der Waals surface area (Å²) in [6.07, 6.45) is 5.23. The molecule has 2 heteroatoms. The lowest BCUT2D eigenvalue weighted by Gasteiger charge is -2.18. The maximum atomic E-state index is 4.42. The van der Waals surface area contributed by atoms with Gasteiger partial charge >= 0.3 is 0 Å². The van der Waals surface area contributed by atoms with E-state index in [9.17, 15) is 0 Å². The zero-order chi connectivity index (χ0) is 14.0. The second kappa shape index (κ2) is 8.49. The van der Waals surface area contributed by atoms with Crippen molar-refractivity contribution >= 4 is 0 Å². The molecule has 2 aromatic rings. The highest BCUT2D eigenvalue weighted by atomic mass is 14.8. The minimum Gasteiger partial charge on any atom is -0.316 e. The summed E-state index contributed by atoms with van der Waals surface area (Å²) in [4.78, 5) is 4.42. The molecule has 0 aliphatic carbocycles. The van der Waals surface area contributed by atoms with Crippen molar-refractivity contribution in [2.24, 2.45) is 0 Å². The van der Waals surface area contributed by atoms with E-state index in [1.807, 2.05) is 12.3 Å². The Hall–Kier alpha value is -1.67. The van der Waals surface area contributed by atoms with Crippen LogP contribution in [0.15, 0.2) is 54.7 Å². The standard InChI is InChI=1S/C18H24N2/c1-2-13-19-15-17(16-8-4-3-5-9-16)11-12-18-10-6-7-14-20-18/h3-10,14,17,19H,2,11-13,15H2,1H3. The van der Waals surface area contributed by atoms with Crippen LogP contribution in [0.3, 0.4) is 0 Å². The maximum absolute atomic E-state index is 4.42. The Labute approximate surface area is 122 Å². The van der Waals surface area contributed by atoms with Crippen LogP contribution in [0.5, 0.6) is 0 Å². The third-order valence-corrected chi connectivity index (χ3v) is 3.56. The van der Waals surface area contributed by atoms with Crippen LogP contribution >= 0.6 is 0 Å². The van der Waals surface area contributed by atoms with E-state index in [1.165, 1.54) is 17.7 Å². The number of pyridine rings is 1. The van der Waals surface area contributed by atoms with Crippen LogP contribution in [-0.2, 0) is 6.42 Å². The van der Waals surface area contributed by atoms with E-state index in [2.05, 4.69) is 59.7 Å². The van der Waals surface area contributed by atoms with Crippen LogP contribution in [0, 0.1) is 0 Å². The molecule has 20 heavy (non-hydrogen) atoms. The number of rotatable bonds is 8. The van der Waals surface area contributed by atoms with Crippen molar-refractivity contribution in [2.75, 3.05) is 13.1 Å². The van der Waals surface area contributed by atoms with Crippen molar-refractivity contribution in [3.05, 3.63) is 66.0 Å². The highest BCUT2D eigenvalue weighted by molar-refractivity contribution is 5.20. The zero-order valence-electron chi connectivity index (χ0n) is 12.3. The number of aromatic nitrogens is 1. The molecule has 0 saturated heterocycles. The van der Waals surface area contributed by atoms with Crippen molar-refractivity contribution in [1.82, 2.24) is 10.3 Å². The normalized spacial score (nSPS) is 12.2. The SMILES string of the molecule is CCCNCC(CCc1ccccn1)c1ccccc1. The maximum Gasteiger partial charge on any atom is 0.0403 e. The van der Waals surface area contributed by atoms with Crippen molar-refractivity contribution in [3.63, 3.8) is 0 Å². The van der Waals surface area contributed by atoms with Gasteiger partial charge < -0.3 is 5.32 Å². The van der Waals surface area contributed by atoms with Crippen LogP contribution in [0.4, 0.5) is 0 Å². The van der Waals surface area contributed by atoms with E-state index in [4.69, 9.17) is 0 Å². The molecule has 106 valence electrons. The fourth-order valence-electron chi connectivity index (χ4n) is 2.43. The topological polar surface area (TPSA) is 24.9 Å². The third-order valence-electron chi connectivity index (χ3n) is 3.56. The Balaban J connectivity index is 1.95. The van der Waals surface area contributed by atoms with Gasteiger partial charge in [-0.25, -0.2) is 0 Å². The van der Waals surface area contributed by atoms with Gasteiger partial charge in [0.15, 0.2) is 0 Å². The number of hydrogen-bond donors (Lipinski definition) is 1. The summed E-state index contributed by atoms with van der Waals surface area (Å²) < 4.78 is 0. The summed E-state index contributed by atoms with van der Waals surface area (Å²) in [7, 11) is 0. The van der Waals surface area contributed by atoms with Crippen LogP contribution in [0.1, 0.15) is 36.9 Å². The first kappa shape index (κ1) is 14.7. The molecule has 0 bridgehead atoms. The number of aryl methyl sites for hydroxylation is 1. The molecule has 0 aliphatic rings. The minimum atomic E-state index is 0.560. The first-order valence-electron chi connectivity index (χ1n) is 7.55. The fraction of sp³-hybridized carbons (Fsp3) is 0.389. The summed E-state index contributed by atoms with van der Waals surface area (Å²) in [6.45, 7) is 4.34. The Morgan fingerprint density at radius 2 is 1.85 bits per heavy atom. The van der Waals surface area contributed by atoms with Crippen molar-refractivity contribution in [1.29, 1.82) is 0 Å². The van der Waals surface area contributed by atoms with Crippen molar-refractivity contribution in [3.8, 4) is 0 Å². The summed E-state index contributed by atoms with van der Waals surface area (Å²) >= 11 is 0. The Kier molecular flexibility index (Phi) is 6.25. The Morgan fingerprint density at radius 3 is 2.55 bits per heavy atom. The predicted molar refractivity (Wildman–Crippen MR) is 84.9 cm³/mol. The lowest BCUT2D eigenvalue weighted by molar-refractivity contribution is 0.546. The second-order valence-electron chi connectivity index (χ2n) is 5.17. The first-order chi connectivity index (χ1) is 9.90. The molecule has 0 aliphatic heterocycles. The summed E-state index contributed by atoms with van der Waals surface area (Å²) in [6, 6.07) is 17.0. The first-order valence-corrected chi connectivity index (χ1v) is 7.55. The summed E-state index contributed by atoms with van der Waals surface area (Å²) in [5.74, 6) is 0.560. The van der Waals surface area contributed by atoms with E-state index in [0.29, 0.717) is 5.92 Å². The van der Waals surface area contributed by atoms with Crippen LogP contribution in [0.2, 0.25) is 0 Å². The van der Waals surface area contributed by atoms with Gasteiger partial charge in [0.2, 0.25) is 0 Å². The van der Waals surface area contributed by atoms with Crippen LogP contribution < -0.4 is 5.32 Å². The van der Waals surface area contributed by atoms with E-state index in [1.54, 1.807) is 0 Å². The van der Waals surface area contributed by atoms with Crippen LogP contribution in [0.25, 0.3) is 0 Å². The van der Waals surface area contributed by atoms with Gasteiger partial charge in [0.1, 0.15) is 0 Å². The summed E-state index contributed by atoms with van der Waals surface area (Å²) in [5, 5.41) is 3.55. The quantitative estimate of drug-likeness (QED) is 0.737. The fourth-order valence-corrected chi connectivity index (χ4v) is 2.43. The van der Waals surface area contributed by atoms with Crippen molar-refractivity contribution in [2.45, 2.75) is 32.1 Å². The molecule has 0 spiro atoms. The second-order valence-corrected chi connectivity index (χ2v) is 5.17.